The third-order valence-electron chi connectivity index (χ3n) is 9.75. The number of amides is 2. The molecule has 13 heteroatoms. The minimum absolute atomic E-state index is 0.0210. The van der Waals surface area contributed by atoms with Crippen LogP contribution in [0.15, 0.2) is 80.0 Å². The molecule has 2 N–H and O–H groups in total. The van der Waals surface area contributed by atoms with Crippen LogP contribution >= 0.6 is 0 Å². The van der Waals surface area contributed by atoms with Gasteiger partial charge in [0.1, 0.15) is 17.2 Å². The number of carbonyl (C=O) groups excluding carboxylic acids is 2. The summed E-state index contributed by atoms with van der Waals surface area (Å²) in [4.78, 5) is 55.3. The van der Waals surface area contributed by atoms with Crippen molar-refractivity contribution in [1.82, 2.24) is 48.8 Å². The van der Waals surface area contributed by atoms with Crippen molar-refractivity contribution in [2.24, 2.45) is 20.0 Å². The van der Waals surface area contributed by atoms with Gasteiger partial charge in [0.2, 0.25) is 5.95 Å². The van der Waals surface area contributed by atoms with Crippen molar-refractivity contribution in [3.63, 3.8) is 0 Å². The van der Waals surface area contributed by atoms with Crippen LogP contribution in [0.25, 0.3) is 33.2 Å². The highest BCUT2D eigenvalue weighted by Crippen LogP contribution is 2.34. The first-order valence-electron chi connectivity index (χ1n) is 16.6. The molecule has 2 saturated heterocycles. The summed E-state index contributed by atoms with van der Waals surface area (Å²) in [5.41, 5.74) is 5.11. The maximum Gasteiger partial charge on any atom is 0.272 e. The Kier molecular flexibility index (Phi) is 7.86. The van der Waals surface area contributed by atoms with Crippen molar-refractivity contribution in [3.05, 3.63) is 97.2 Å². The second-order valence-corrected chi connectivity index (χ2v) is 13.0. The van der Waals surface area contributed by atoms with Crippen molar-refractivity contribution in [3.8, 4) is 22.4 Å². The highest BCUT2D eigenvalue weighted by Gasteiger charge is 2.34. The first-order valence-corrected chi connectivity index (χ1v) is 16.6. The Morgan fingerprint density at radius 3 is 2.20 bits per heavy atom. The molecule has 2 fully saturated rings. The summed E-state index contributed by atoms with van der Waals surface area (Å²) in [5, 5.41) is 5.57. The van der Waals surface area contributed by atoms with Gasteiger partial charge >= 0.3 is 0 Å². The topological polar surface area (TPSA) is 143 Å². The Bertz CT molecular complexity index is 2150. The fourth-order valence-corrected chi connectivity index (χ4v) is 6.96. The number of fused-ring (bicyclic) bond motifs is 1. The number of rotatable bonds is 8. The van der Waals surface area contributed by atoms with Gasteiger partial charge in [-0.2, -0.15) is 0 Å². The minimum atomic E-state index is -0.0931. The summed E-state index contributed by atoms with van der Waals surface area (Å²) >= 11 is 0. The van der Waals surface area contributed by atoms with E-state index >= 15 is 0 Å². The molecule has 0 bridgehead atoms. The molecule has 2 aromatic carbocycles. The molecule has 8 rings (SSSR count). The molecule has 49 heavy (non-hydrogen) atoms. The van der Waals surface area contributed by atoms with E-state index < -0.39 is 0 Å². The van der Waals surface area contributed by atoms with Crippen LogP contribution in [0.1, 0.15) is 52.1 Å². The van der Waals surface area contributed by atoms with Crippen molar-refractivity contribution in [2.45, 2.75) is 25.3 Å². The number of aromatic amines is 1. The number of nitrogens with zero attached hydrogens (tertiary/aromatic N) is 9. The lowest BCUT2D eigenvalue weighted by atomic mass is 10.0. The molecule has 2 amide bonds. The lowest BCUT2D eigenvalue weighted by Gasteiger charge is -2.23. The number of anilines is 1. The van der Waals surface area contributed by atoms with E-state index in [-0.39, 0.29) is 17.9 Å². The van der Waals surface area contributed by atoms with E-state index in [1.807, 2.05) is 42.5 Å². The normalized spacial score (nSPS) is 17.7. The van der Waals surface area contributed by atoms with Crippen LogP contribution < -0.4 is 5.32 Å². The minimum Gasteiger partial charge on any atom is -0.354 e. The summed E-state index contributed by atoms with van der Waals surface area (Å²) in [6.07, 6.45) is 14.8. The van der Waals surface area contributed by atoms with Crippen LogP contribution in [-0.2, 0) is 14.1 Å². The molecule has 2 atom stereocenters. The molecule has 2 aliphatic heterocycles. The number of imidazole rings is 3. The summed E-state index contributed by atoms with van der Waals surface area (Å²) in [6, 6.07) is 12.6. The van der Waals surface area contributed by atoms with Crippen LogP contribution in [-0.4, -0.2) is 86.8 Å². The van der Waals surface area contributed by atoms with E-state index in [9.17, 15) is 9.59 Å². The van der Waals surface area contributed by atoms with Gasteiger partial charge in [0.25, 0.3) is 11.8 Å². The zero-order valence-corrected chi connectivity index (χ0v) is 27.5. The molecule has 0 aliphatic carbocycles. The highest BCUT2D eigenvalue weighted by atomic mass is 16.2. The van der Waals surface area contributed by atoms with Gasteiger partial charge in [-0.15, -0.1) is 0 Å². The molecule has 0 saturated carbocycles. The van der Waals surface area contributed by atoms with E-state index in [4.69, 9.17) is 4.98 Å². The van der Waals surface area contributed by atoms with Gasteiger partial charge in [-0.25, -0.2) is 24.9 Å². The van der Waals surface area contributed by atoms with Crippen LogP contribution in [0, 0.1) is 5.92 Å². The summed E-state index contributed by atoms with van der Waals surface area (Å²) in [5.74, 6) is 1.71. The maximum absolute atomic E-state index is 13.2. The van der Waals surface area contributed by atoms with E-state index in [0.29, 0.717) is 42.9 Å². The molecule has 0 radical (unpaired) electrons. The Morgan fingerprint density at radius 2 is 1.49 bits per heavy atom. The summed E-state index contributed by atoms with van der Waals surface area (Å²) < 4.78 is 3.52. The average Bonchev–Trinajstić information content (AvgIpc) is 3.97. The van der Waals surface area contributed by atoms with Crippen molar-refractivity contribution < 1.29 is 9.59 Å². The Labute approximate surface area is 283 Å². The quantitative estimate of drug-likeness (QED) is 0.240. The lowest BCUT2D eigenvalue weighted by molar-refractivity contribution is 0.0719. The average molecular weight is 656 g/mol. The predicted molar refractivity (Wildman–Crippen MR) is 184 cm³/mol. The molecule has 4 aromatic heterocycles. The fourth-order valence-electron chi connectivity index (χ4n) is 6.96. The maximum atomic E-state index is 13.2. The second kappa shape index (κ2) is 12.6. The van der Waals surface area contributed by atoms with Crippen LogP contribution in [0.5, 0.6) is 0 Å². The van der Waals surface area contributed by atoms with E-state index in [2.05, 4.69) is 66.6 Å². The largest absolute Gasteiger partial charge is 0.354 e. The third-order valence-corrected chi connectivity index (χ3v) is 9.75. The molecule has 6 heterocycles. The van der Waals surface area contributed by atoms with E-state index in [1.54, 1.807) is 34.2 Å². The van der Waals surface area contributed by atoms with E-state index in [1.165, 1.54) is 0 Å². The Balaban J connectivity index is 0.902. The first-order chi connectivity index (χ1) is 23.9. The predicted octanol–water partition coefficient (Wildman–Crippen LogP) is 4.71. The Morgan fingerprint density at radius 1 is 0.796 bits per heavy atom. The van der Waals surface area contributed by atoms with Crippen molar-refractivity contribution >= 4 is 28.5 Å². The zero-order valence-electron chi connectivity index (χ0n) is 27.5. The number of carbonyl (C=O) groups is 2. The molecular weight excluding hydrogens is 618 g/mol. The number of nitrogens with one attached hydrogen (secondary N) is 2. The molecule has 0 spiro atoms. The van der Waals surface area contributed by atoms with Gasteiger partial charge < -0.3 is 29.2 Å². The first kappa shape index (κ1) is 30.5. The summed E-state index contributed by atoms with van der Waals surface area (Å²) in [6.45, 7) is 2.83. The van der Waals surface area contributed by atoms with Crippen LogP contribution in [0.4, 0.5) is 5.95 Å². The van der Waals surface area contributed by atoms with Crippen molar-refractivity contribution in [1.29, 1.82) is 0 Å². The van der Waals surface area contributed by atoms with Gasteiger partial charge in [-0.1, -0.05) is 24.3 Å². The molecule has 0 unspecified atom stereocenters. The SMILES string of the molecule is Cn1cncc1C(=O)N1CC[C@H](CNc2ncc(-c3ccc4cc(-c5cnc([C@@H]6CCCN6C(=O)c6cncn6C)[nH]5)ccc4c3)cn2)C1. The van der Waals surface area contributed by atoms with Gasteiger partial charge in [0.05, 0.1) is 43.0 Å². The molecule has 6 aromatic rings. The molecule has 248 valence electrons. The van der Waals surface area contributed by atoms with Crippen LogP contribution in [0.3, 0.4) is 0 Å². The fraction of sp³-hybridized carbons (Fsp3) is 0.306. The molecular formula is C36H37N11O2. The number of likely N-dealkylation sites (tertiary alicyclic amines) is 2. The summed E-state index contributed by atoms with van der Waals surface area (Å²) in [7, 11) is 3.67. The van der Waals surface area contributed by atoms with Crippen molar-refractivity contribution in [2.75, 3.05) is 31.5 Å². The zero-order chi connectivity index (χ0) is 33.5. The third kappa shape index (κ3) is 5.92. The van der Waals surface area contributed by atoms with E-state index in [0.717, 1.165) is 64.8 Å². The number of hydrogen-bond acceptors (Lipinski definition) is 8. The number of aryl methyl sites for hydroxylation is 2. The molecule has 2 aliphatic rings. The van der Waals surface area contributed by atoms with Crippen LogP contribution in [0.2, 0.25) is 0 Å². The number of benzene rings is 2. The number of H-pyrrole nitrogens is 1. The smallest absolute Gasteiger partial charge is 0.272 e. The van der Waals surface area contributed by atoms with Gasteiger partial charge in [-0.05, 0) is 53.6 Å². The standard InChI is InChI=1S/C36H37N11O2/c1-44-21-37-18-31(44)34(48)46-11-9-23(20-46)14-40-36-41-15-28(16-42-36)26-6-5-25-13-27(8-7-24(25)12-26)29-17-39-33(43-29)30-4-3-10-47(30)35(49)32-19-38-22-45(32)2/h5-8,12-13,15-19,21-23,30H,3-4,9-11,14,20H2,1-2H3,(H,39,43)(H,40,41,42)/t23-,30+/m1/s1. The monoisotopic (exact) mass is 655 g/mol. The Hall–Kier alpha value is -5.85. The molecule has 13 nitrogen and oxygen atoms in total. The lowest BCUT2D eigenvalue weighted by Crippen LogP contribution is -2.32. The second-order valence-electron chi connectivity index (χ2n) is 13.0. The van der Waals surface area contributed by atoms with Gasteiger partial charge in [0, 0.05) is 63.8 Å². The van der Waals surface area contributed by atoms with Gasteiger partial charge in [0.15, 0.2) is 0 Å². The van der Waals surface area contributed by atoms with Gasteiger partial charge in [-0.3, -0.25) is 9.59 Å². The number of hydrogen-bond donors (Lipinski definition) is 2. The highest BCUT2D eigenvalue weighted by molar-refractivity contribution is 5.93. The number of aromatic nitrogens is 8.